The molecule has 0 radical (unpaired) electrons. The van der Waals surface area contributed by atoms with Crippen molar-refractivity contribution in [3.8, 4) is 0 Å². The average Bonchev–Trinajstić information content (AvgIpc) is 2.44. The number of hydrogen-bond donors (Lipinski definition) is 2. The van der Waals surface area contributed by atoms with Gasteiger partial charge in [0.1, 0.15) is 0 Å². The van der Waals surface area contributed by atoms with Crippen LogP contribution in [-0.2, 0) is 11.3 Å². The monoisotopic (exact) mass is 346 g/mol. The van der Waals surface area contributed by atoms with Gasteiger partial charge in [0.15, 0.2) is 0 Å². The fourth-order valence-corrected chi connectivity index (χ4v) is 2.66. The van der Waals surface area contributed by atoms with Crippen molar-refractivity contribution in [1.29, 1.82) is 0 Å². The van der Waals surface area contributed by atoms with Gasteiger partial charge in [-0.1, -0.05) is 35.9 Å². The molecular weight excluding hydrogens is 328 g/mol. The molecule has 2 aromatic rings. The first-order chi connectivity index (χ1) is 10.0. The predicted molar refractivity (Wildman–Crippen MR) is 90.4 cm³/mol. The highest BCUT2D eigenvalue weighted by Crippen LogP contribution is 2.22. The van der Waals surface area contributed by atoms with E-state index in [9.17, 15) is 4.79 Å². The zero-order chi connectivity index (χ0) is 15.2. The van der Waals surface area contributed by atoms with Crippen molar-refractivity contribution in [2.45, 2.75) is 20.4 Å². The summed E-state index contributed by atoms with van der Waals surface area (Å²) < 4.78 is 0.967. The van der Waals surface area contributed by atoms with Gasteiger partial charge in [0, 0.05) is 16.7 Å². The Morgan fingerprint density at radius 3 is 2.57 bits per heavy atom. The Bertz CT molecular complexity index is 640. The molecule has 0 bridgehead atoms. The van der Waals surface area contributed by atoms with E-state index >= 15 is 0 Å². The molecule has 1 amide bonds. The van der Waals surface area contributed by atoms with Crippen LogP contribution < -0.4 is 10.6 Å². The van der Waals surface area contributed by atoms with E-state index < -0.39 is 0 Å². The molecule has 110 valence electrons. The molecule has 4 heteroatoms. The van der Waals surface area contributed by atoms with Gasteiger partial charge in [-0.3, -0.25) is 4.79 Å². The van der Waals surface area contributed by atoms with Crippen molar-refractivity contribution in [2.75, 3.05) is 11.9 Å². The second-order valence-corrected chi connectivity index (χ2v) is 5.96. The van der Waals surface area contributed by atoms with E-state index in [1.54, 1.807) is 0 Å². The number of benzene rings is 2. The summed E-state index contributed by atoms with van der Waals surface area (Å²) in [6, 6.07) is 14.1. The van der Waals surface area contributed by atoms with Crippen molar-refractivity contribution in [1.82, 2.24) is 5.32 Å². The van der Waals surface area contributed by atoms with Crippen molar-refractivity contribution < 1.29 is 4.79 Å². The Labute approximate surface area is 133 Å². The van der Waals surface area contributed by atoms with Gasteiger partial charge in [0.05, 0.1) is 6.54 Å². The fourth-order valence-electron chi connectivity index (χ4n) is 2.02. The maximum Gasteiger partial charge on any atom is 0.239 e. The second kappa shape index (κ2) is 7.27. The van der Waals surface area contributed by atoms with E-state index in [0.717, 1.165) is 15.7 Å². The lowest BCUT2D eigenvalue weighted by Gasteiger charge is -2.10. The van der Waals surface area contributed by atoms with E-state index in [-0.39, 0.29) is 12.5 Å². The zero-order valence-corrected chi connectivity index (χ0v) is 13.8. The number of halogens is 1. The maximum atomic E-state index is 11.9. The van der Waals surface area contributed by atoms with Gasteiger partial charge in [-0.25, -0.2) is 0 Å². The van der Waals surface area contributed by atoms with Crippen LogP contribution in [0.1, 0.15) is 16.7 Å². The summed E-state index contributed by atoms with van der Waals surface area (Å²) in [4.78, 5) is 11.9. The highest BCUT2D eigenvalue weighted by Gasteiger charge is 2.04. The standard InChI is InChI=1S/C17H19BrN2O/c1-12-4-3-5-14(8-12)10-20-17(21)11-19-16-7-6-13(2)9-15(16)18/h3-9,19H,10-11H2,1-2H3,(H,20,21). The molecule has 0 aliphatic carbocycles. The number of rotatable bonds is 5. The summed E-state index contributed by atoms with van der Waals surface area (Å²) in [5.41, 5.74) is 4.41. The summed E-state index contributed by atoms with van der Waals surface area (Å²) in [5, 5.41) is 6.04. The number of amides is 1. The molecule has 0 atom stereocenters. The van der Waals surface area contributed by atoms with E-state index in [2.05, 4.69) is 32.6 Å². The molecule has 0 heterocycles. The summed E-state index contributed by atoms with van der Waals surface area (Å²) in [7, 11) is 0. The van der Waals surface area contributed by atoms with E-state index in [4.69, 9.17) is 0 Å². The quantitative estimate of drug-likeness (QED) is 0.864. The second-order valence-electron chi connectivity index (χ2n) is 5.10. The van der Waals surface area contributed by atoms with Crippen molar-refractivity contribution in [2.24, 2.45) is 0 Å². The number of anilines is 1. The summed E-state index contributed by atoms with van der Waals surface area (Å²) in [6.07, 6.45) is 0. The SMILES string of the molecule is Cc1cccc(CNC(=O)CNc2ccc(C)cc2Br)c1. The molecule has 0 aliphatic rings. The van der Waals surface area contributed by atoms with Crippen molar-refractivity contribution in [3.63, 3.8) is 0 Å². The Balaban J connectivity index is 1.82. The van der Waals surface area contributed by atoms with Crippen LogP contribution in [0.5, 0.6) is 0 Å². The first-order valence-corrected chi connectivity index (χ1v) is 7.66. The molecule has 21 heavy (non-hydrogen) atoms. The van der Waals surface area contributed by atoms with Crippen molar-refractivity contribution >= 4 is 27.5 Å². The normalized spacial score (nSPS) is 10.2. The smallest absolute Gasteiger partial charge is 0.239 e. The van der Waals surface area contributed by atoms with E-state index in [0.29, 0.717) is 6.54 Å². The van der Waals surface area contributed by atoms with Gasteiger partial charge in [0.2, 0.25) is 5.91 Å². The Kier molecular flexibility index (Phi) is 5.39. The number of nitrogens with one attached hydrogen (secondary N) is 2. The lowest BCUT2D eigenvalue weighted by molar-refractivity contribution is -0.119. The fraction of sp³-hybridized carbons (Fsp3) is 0.235. The van der Waals surface area contributed by atoms with Crippen LogP contribution in [0.25, 0.3) is 0 Å². The molecular formula is C17H19BrN2O. The van der Waals surface area contributed by atoms with Gasteiger partial charge in [-0.2, -0.15) is 0 Å². The molecule has 2 N–H and O–H groups in total. The van der Waals surface area contributed by atoms with Crippen molar-refractivity contribution in [3.05, 3.63) is 63.6 Å². The molecule has 0 unspecified atom stereocenters. The minimum atomic E-state index is -0.0241. The van der Waals surface area contributed by atoms with Gasteiger partial charge in [-0.05, 0) is 53.0 Å². The highest BCUT2D eigenvalue weighted by molar-refractivity contribution is 9.10. The minimum absolute atomic E-state index is 0.0241. The zero-order valence-electron chi connectivity index (χ0n) is 12.2. The lowest BCUT2D eigenvalue weighted by atomic mass is 10.1. The van der Waals surface area contributed by atoms with E-state index in [1.807, 2.05) is 50.2 Å². The number of carbonyl (C=O) groups is 1. The maximum absolute atomic E-state index is 11.9. The largest absolute Gasteiger partial charge is 0.375 e. The van der Waals surface area contributed by atoms with Crippen LogP contribution in [0.3, 0.4) is 0 Å². The molecule has 0 aliphatic heterocycles. The molecule has 0 saturated heterocycles. The van der Waals surface area contributed by atoms with Crippen LogP contribution in [0.4, 0.5) is 5.69 Å². The summed E-state index contributed by atoms with van der Waals surface area (Å²) >= 11 is 3.49. The Morgan fingerprint density at radius 1 is 1.10 bits per heavy atom. The van der Waals surface area contributed by atoms with Crippen LogP contribution in [0.2, 0.25) is 0 Å². The molecule has 2 rings (SSSR count). The van der Waals surface area contributed by atoms with E-state index in [1.165, 1.54) is 11.1 Å². The Morgan fingerprint density at radius 2 is 1.86 bits per heavy atom. The van der Waals surface area contributed by atoms with Crippen LogP contribution in [-0.4, -0.2) is 12.5 Å². The minimum Gasteiger partial charge on any atom is -0.375 e. The molecule has 3 nitrogen and oxygen atoms in total. The molecule has 2 aromatic carbocycles. The third-order valence-electron chi connectivity index (χ3n) is 3.14. The summed E-state index contributed by atoms with van der Waals surface area (Å²) in [6.45, 7) is 4.88. The average molecular weight is 347 g/mol. The molecule has 0 fully saturated rings. The number of aryl methyl sites for hydroxylation is 2. The molecule has 0 saturated carbocycles. The third kappa shape index (κ3) is 4.90. The highest BCUT2D eigenvalue weighted by atomic mass is 79.9. The molecule has 0 spiro atoms. The summed E-state index contributed by atoms with van der Waals surface area (Å²) in [5.74, 6) is -0.0241. The lowest BCUT2D eigenvalue weighted by Crippen LogP contribution is -2.29. The van der Waals surface area contributed by atoms with Gasteiger partial charge >= 0.3 is 0 Å². The molecule has 0 aromatic heterocycles. The van der Waals surface area contributed by atoms with Crippen LogP contribution >= 0.6 is 15.9 Å². The predicted octanol–water partition coefficient (Wildman–Crippen LogP) is 3.79. The van der Waals surface area contributed by atoms with Crippen LogP contribution in [0, 0.1) is 13.8 Å². The third-order valence-corrected chi connectivity index (χ3v) is 3.79. The number of carbonyl (C=O) groups excluding carboxylic acids is 1. The first-order valence-electron chi connectivity index (χ1n) is 6.87. The number of hydrogen-bond acceptors (Lipinski definition) is 2. The van der Waals surface area contributed by atoms with Crippen LogP contribution in [0.15, 0.2) is 46.9 Å². The first kappa shape index (κ1) is 15.6. The van der Waals surface area contributed by atoms with Gasteiger partial charge in [0.25, 0.3) is 0 Å². The topological polar surface area (TPSA) is 41.1 Å². The van der Waals surface area contributed by atoms with Gasteiger partial charge in [-0.15, -0.1) is 0 Å². The Hall–Kier alpha value is -1.81. The van der Waals surface area contributed by atoms with Gasteiger partial charge < -0.3 is 10.6 Å².